The predicted octanol–water partition coefficient (Wildman–Crippen LogP) is 2.41. The number of hydrogen-bond donors (Lipinski definition) is 1. The highest BCUT2D eigenvalue weighted by Gasteiger charge is 2.21. The van der Waals surface area contributed by atoms with Gasteiger partial charge in [0, 0.05) is 33.2 Å². The van der Waals surface area contributed by atoms with E-state index in [1.165, 1.54) is 24.9 Å². The molecule has 1 fully saturated rings. The molecule has 1 aromatic rings. The maximum absolute atomic E-state index is 4.38. The molecule has 1 aliphatic rings. The average molecular weight is 402 g/mol. The van der Waals surface area contributed by atoms with Crippen LogP contribution < -0.4 is 5.32 Å². The summed E-state index contributed by atoms with van der Waals surface area (Å²) >= 11 is 0. The summed E-state index contributed by atoms with van der Waals surface area (Å²) in [5, 5.41) is 3.50. The second-order valence-electron chi connectivity index (χ2n) is 5.55. The maximum atomic E-state index is 4.38. The molecule has 1 aliphatic heterocycles. The van der Waals surface area contributed by atoms with E-state index in [0.29, 0.717) is 6.04 Å². The molecule has 1 atom stereocenters. The topological polar surface area (TPSA) is 30.9 Å². The minimum atomic E-state index is 0. The van der Waals surface area contributed by atoms with Gasteiger partial charge in [0.15, 0.2) is 5.96 Å². The van der Waals surface area contributed by atoms with Crippen LogP contribution in [0.15, 0.2) is 35.3 Å². The molecular weight excluding hydrogens is 375 g/mol. The Morgan fingerprint density at radius 2 is 2.10 bits per heavy atom. The van der Waals surface area contributed by atoms with Crippen LogP contribution in [0.1, 0.15) is 18.4 Å². The lowest BCUT2D eigenvalue weighted by molar-refractivity contribution is 0.306. The first kappa shape index (κ1) is 18.2. The smallest absolute Gasteiger partial charge is 0.193 e. The molecule has 21 heavy (non-hydrogen) atoms. The van der Waals surface area contributed by atoms with Gasteiger partial charge < -0.3 is 15.1 Å². The number of likely N-dealkylation sites (tertiary alicyclic amines) is 1. The van der Waals surface area contributed by atoms with E-state index in [0.717, 1.165) is 19.0 Å². The quantitative estimate of drug-likeness (QED) is 0.477. The molecular formula is C16H27IN4. The number of rotatable bonds is 4. The van der Waals surface area contributed by atoms with E-state index in [-0.39, 0.29) is 24.0 Å². The number of halogens is 1. The van der Waals surface area contributed by atoms with Crippen LogP contribution in [0.2, 0.25) is 0 Å². The van der Waals surface area contributed by atoms with Crippen molar-refractivity contribution in [2.24, 2.45) is 4.99 Å². The molecule has 1 unspecified atom stereocenters. The molecule has 2 rings (SSSR count). The Morgan fingerprint density at radius 3 is 2.67 bits per heavy atom. The van der Waals surface area contributed by atoms with E-state index in [1.807, 2.05) is 13.1 Å². The normalized spacial score (nSPS) is 19.2. The Labute approximate surface area is 145 Å². The molecule has 1 heterocycles. The third kappa shape index (κ3) is 5.47. The zero-order valence-electron chi connectivity index (χ0n) is 13.2. The summed E-state index contributed by atoms with van der Waals surface area (Å²) in [5.74, 6) is 0.967. The van der Waals surface area contributed by atoms with Gasteiger partial charge in [-0.15, -0.1) is 24.0 Å². The molecule has 4 nitrogen and oxygen atoms in total. The fourth-order valence-corrected chi connectivity index (χ4v) is 2.76. The van der Waals surface area contributed by atoms with Gasteiger partial charge in [-0.05, 0) is 32.0 Å². The minimum Gasteiger partial charge on any atom is -0.355 e. The van der Waals surface area contributed by atoms with Crippen molar-refractivity contribution >= 4 is 29.9 Å². The minimum absolute atomic E-state index is 0. The van der Waals surface area contributed by atoms with Crippen molar-refractivity contribution in [1.82, 2.24) is 15.1 Å². The molecule has 118 valence electrons. The number of nitrogens with zero attached hydrogens (tertiary/aromatic N) is 3. The van der Waals surface area contributed by atoms with Gasteiger partial charge in [0.25, 0.3) is 0 Å². The molecule has 1 N–H and O–H groups in total. The second kappa shape index (κ2) is 9.25. The number of aliphatic imine (C=N–C) groups is 1. The summed E-state index contributed by atoms with van der Waals surface area (Å²) in [4.78, 5) is 8.98. The standard InChI is InChI=1S/C16H26N4.HI/c1-17-16(18-12-15-10-7-11-19(15)2)20(3)13-14-8-5-4-6-9-14;/h4-6,8-9,15H,7,10-13H2,1-3H3,(H,17,18);1H. The van der Waals surface area contributed by atoms with Gasteiger partial charge in [0.1, 0.15) is 0 Å². The lowest BCUT2D eigenvalue weighted by atomic mass is 10.2. The Balaban J connectivity index is 0.00000220. The summed E-state index contributed by atoms with van der Waals surface area (Å²) in [6.07, 6.45) is 2.59. The third-order valence-electron chi connectivity index (χ3n) is 4.00. The zero-order valence-corrected chi connectivity index (χ0v) is 15.6. The van der Waals surface area contributed by atoms with Gasteiger partial charge in [0.05, 0.1) is 0 Å². The first-order valence-electron chi connectivity index (χ1n) is 7.36. The molecule has 0 saturated carbocycles. The van der Waals surface area contributed by atoms with Crippen molar-refractivity contribution in [2.75, 3.05) is 34.2 Å². The van der Waals surface area contributed by atoms with E-state index >= 15 is 0 Å². The summed E-state index contributed by atoms with van der Waals surface area (Å²) in [5.41, 5.74) is 1.30. The monoisotopic (exact) mass is 402 g/mol. The molecule has 1 aromatic carbocycles. The van der Waals surface area contributed by atoms with Gasteiger partial charge in [-0.2, -0.15) is 0 Å². The van der Waals surface area contributed by atoms with E-state index in [2.05, 4.69) is 58.5 Å². The van der Waals surface area contributed by atoms with Gasteiger partial charge in [-0.25, -0.2) is 0 Å². The molecule has 1 saturated heterocycles. The molecule has 0 spiro atoms. The first-order chi connectivity index (χ1) is 9.70. The van der Waals surface area contributed by atoms with Crippen molar-refractivity contribution < 1.29 is 0 Å². The highest BCUT2D eigenvalue weighted by molar-refractivity contribution is 14.0. The van der Waals surface area contributed by atoms with E-state index in [1.54, 1.807) is 0 Å². The zero-order chi connectivity index (χ0) is 14.4. The number of hydrogen-bond acceptors (Lipinski definition) is 2. The van der Waals surface area contributed by atoms with Gasteiger partial charge >= 0.3 is 0 Å². The Bertz CT molecular complexity index is 435. The number of guanidine groups is 1. The van der Waals surface area contributed by atoms with Crippen molar-refractivity contribution in [3.05, 3.63) is 35.9 Å². The van der Waals surface area contributed by atoms with Crippen LogP contribution in [0.3, 0.4) is 0 Å². The van der Waals surface area contributed by atoms with Crippen LogP contribution in [-0.4, -0.2) is 56.0 Å². The lowest BCUT2D eigenvalue weighted by Crippen LogP contribution is -2.44. The van der Waals surface area contributed by atoms with Crippen molar-refractivity contribution in [3.8, 4) is 0 Å². The Morgan fingerprint density at radius 1 is 1.38 bits per heavy atom. The summed E-state index contributed by atoms with van der Waals surface area (Å²) in [6, 6.07) is 11.1. The molecule has 0 aromatic heterocycles. The van der Waals surface area contributed by atoms with Crippen LogP contribution in [0.5, 0.6) is 0 Å². The molecule has 0 amide bonds. The van der Waals surface area contributed by atoms with Crippen LogP contribution in [0.4, 0.5) is 0 Å². The number of nitrogens with one attached hydrogen (secondary N) is 1. The lowest BCUT2D eigenvalue weighted by Gasteiger charge is -2.25. The fourth-order valence-electron chi connectivity index (χ4n) is 2.76. The summed E-state index contributed by atoms with van der Waals surface area (Å²) in [7, 11) is 6.14. The van der Waals surface area contributed by atoms with E-state index in [9.17, 15) is 0 Å². The fraction of sp³-hybridized carbons (Fsp3) is 0.562. The SMILES string of the molecule is CN=C(NCC1CCCN1C)N(C)Cc1ccccc1.I. The van der Waals surface area contributed by atoms with Crippen LogP contribution in [0.25, 0.3) is 0 Å². The van der Waals surface area contributed by atoms with Crippen molar-refractivity contribution in [2.45, 2.75) is 25.4 Å². The Kier molecular flexibility index (Phi) is 8.03. The largest absolute Gasteiger partial charge is 0.355 e. The van der Waals surface area contributed by atoms with Gasteiger partial charge in [-0.3, -0.25) is 4.99 Å². The van der Waals surface area contributed by atoms with Gasteiger partial charge in [0.2, 0.25) is 0 Å². The predicted molar refractivity (Wildman–Crippen MR) is 100 cm³/mol. The highest BCUT2D eigenvalue weighted by Crippen LogP contribution is 2.13. The maximum Gasteiger partial charge on any atom is 0.193 e. The molecule has 0 aliphatic carbocycles. The average Bonchev–Trinajstić information content (AvgIpc) is 2.86. The summed E-state index contributed by atoms with van der Waals surface area (Å²) < 4.78 is 0. The van der Waals surface area contributed by atoms with Crippen molar-refractivity contribution in [3.63, 3.8) is 0 Å². The van der Waals surface area contributed by atoms with Crippen molar-refractivity contribution in [1.29, 1.82) is 0 Å². The van der Waals surface area contributed by atoms with Crippen LogP contribution in [-0.2, 0) is 6.54 Å². The third-order valence-corrected chi connectivity index (χ3v) is 4.00. The number of benzene rings is 1. The molecule has 5 heteroatoms. The molecule has 0 bridgehead atoms. The highest BCUT2D eigenvalue weighted by atomic mass is 127. The number of likely N-dealkylation sites (N-methyl/N-ethyl adjacent to an activating group) is 1. The van der Waals surface area contributed by atoms with E-state index in [4.69, 9.17) is 0 Å². The second-order valence-corrected chi connectivity index (χ2v) is 5.55. The van der Waals surface area contributed by atoms with Crippen LogP contribution >= 0.6 is 24.0 Å². The van der Waals surface area contributed by atoms with E-state index < -0.39 is 0 Å². The Hall–Kier alpha value is -0.820. The first-order valence-corrected chi connectivity index (χ1v) is 7.36. The van der Waals surface area contributed by atoms with Gasteiger partial charge in [-0.1, -0.05) is 30.3 Å². The summed E-state index contributed by atoms with van der Waals surface area (Å²) in [6.45, 7) is 3.06. The molecule has 0 radical (unpaired) electrons. The van der Waals surface area contributed by atoms with Crippen LogP contribution in [0, 0.1) is 0 Å².